The molecule has 0 saturated heterocycles. The van der Waals surface area contributed by atoms with Crippen molar-refractivity contribution >= 4 is 40.6 Å². The monoisotopic (exact) mass is 427 g/mol. The van der Waals surface area contributed by atoms with Gasteiger partial charge in [-0.1, -0.05) is 17.8 Å². The Labute approximate surface area is 175 Å². The lowest BCUT2D eigenvalue weighted by Crippen LogP contribution is -2.25. The third kappa shape index (κ3) is 5.42. The Bertz CT molecular complexity index is 1030. The molecule has 0 atom stereocenters. The molecular weight excluding hydrogens is 409 g/mol. The molecule has 1 fully saturated rings. The second-order valence-electron chi connectivity index (χ2n) is 6.67. The van der Waals surface area contributed by atoms with Crippen molar-refractivity contribution in [1.82, 2.24) is 10.3 Å². The number of benzene rings is 2. The highest BCUT2D eigenvalue weighted by Crippen LogP contribution is 2.28. The lowest BCUT2D eigenvalue weighted by atomic mass is 10.2. The summed E-state index contributed by atoms with van der Waals surface area (Å²) in [6.45, 7) is 0. The molecule has 0 spiro atoms. The van der Waals surface area contributed by atoms with Gasteiger partial charge in [-0.3, -0.25) is 9.59 Å². The van der Waals surface area contributed by atoms with Gasteiger partial charge in [0.2, 0.25) is 5.91 Å². The fourth-order valence-corrected chi connectivity index (χ4v) is 4.27. The van der Waals surface area contributed by atoms with Crippen molar-refractivity contribution in [2.75, 3.05) is 11.1 Å². The lowest BCUT2D eigenvalue weighted by molar-refractivity contribution is -0.113. The Morgan fingerprint density at radius 1 is 1.17 bits per heavy atom. The van der Waals surface area contributed by atoms with E-state index < -0.39 is 0 Å². The number of aromatic nitrogens is 1. The van der Waals surface area contributed by atoms with E-state index in [-0.39, 0.29) is 29.4 Å². The van der Waals surface area contributed by atoms with E-state index in [1.165, 1.54) is 35.2 Å². The van der Waals surface area contributed by atoms with Crippen molar-refractivity contribution in [3.05, 3.63) is 65.3 Å². The average Bonchev–Trinajstić information content (AvgIpc) is 3.41. The molecule has 1 aliphatic carbocycles. The number of hydrogen-bond donors (Lipinski definition) is 2. The predicted molar refractivity (Wildman–Crippen MR) is 114 cm³/mol. The van der Waals surface area contributed by atoms with E-state index in [1.54, 1.807) is 36.4 Å². The summed E-state index contributed by atoms with van der Waals surface area (Å²) >= 11 is 2.78. The first-order valence-electron chi connectivity index (χ1n) is 9.12. The van der Waals surface area contributed by atoms with Gasteiger partial charge in [-0.25, -0.2) is 9.37 Å². The molecule has 1 aliphatic rings. The van der Waals surface area contributed by atoms with Crippen LogP contribution in [0.25, 0.3) is 11.3 Å². The van der Waals surface area contributed by atoms with Crippen LogP contribution in [0.5, 0.6) is 0 Å². The summed E-state index contributed by atoms with van der Waals surface area (Å²) in [6, 6.07) is 13.4. The first kappa shape index (κ1) is 19.6. The Hall–Kier alpha value is -2.71. The van der Waals surface area contributed by atoms with Crippen LogP contribution in [0, 0.1) is 5.82 Å². The maximum Gasteiger partial charge on any atom is 0.251 e. The van der Waals surface area contributed by atoms with Crippen molar-refractivity contribution < 1.29 is 14.0 Å². The fourth-order valence-electron chi connectivity index (χ4n) is 2.64. The van der Waals surface area contributed by atoms with E-state index in [4.69, 9.17) is 0 Å². The van der Waals surface area contributed by atoms with Crippen LogP contribution in [0.15, 0.2) is 58.3 Å². The van der Waals surface area contributed by atoms with Crippen molar-refractivity contribution in [2.24, 2.45) is 0 Å². The first-order valence-corrected chi connectivity index (χ1v) is 11.0. The smallest absolute Gasteiger partial charge is 0.251 e. The van der Waals surface area contributed by atoms with Crippen LogP contribution in [0.3, 0.4) is 0 Å². The lowest BCUT2D eigenvalue weighted by Gasteiger charge is -2.07. The number of amides is 2. The molecule has 2 amide bonds. The number of nitrogens with one attached hydrogen (secondary N) is 2. The molecule has 2 N–H and O–H groups in total. The Morgan fingerprint density at radius 3 is 2.72 bits per heavy atom. The van der Waals surface area contributed by atoms with Crippen LogP contribution in [0.1, 0.15) is 23.2 Å². The normalized spacial score (nSPS) is 13.1. The predicted octanol–water partition coefficient (Wildman–Crippen LogP) is 4.57. The second-order valence-corrected chi connectivity index (χ2v) is 8.75. The number of halogens is 1. The molecule has 29 heavy (non-hydrogen) atoms. The molecule has 148 valence electrons. The van der Waals surface area contributed by atoms with E-state index in [1.807, 2.05) is 5.38 Å². The average molecular weight is 428 g/mol. The third-order valence-corrected chi connectivity index (χ3v) is 6.29. The molecular formula is C21H18FN3O2S2. The molecule has 0 aliphatic heterocycles. The summed E-state index contributed by atoms with van der Waals surface area (Å²) in [6.07, 6.45) is 2.05. The maximum absolute atomic E-state index is 13.0. The molecule has 1 aromatic heterocycles. The van der Waals surface area contributed by atoms with Crippen LogP contribution >= 0.6 is 23.1 Å². The summed E-state index contributed by atoms with van der Waals surface area (Å²) in [4.78, 5) is 28.9. The van der Waals surface area contributed by atoms with Gasteiger partial charge in [0.05, 0.1) is 11.4 Å². The molecule has 2 aromatic carbocycles. The second kappa shape index (κ2) is 8.75. The number of carbonyl (C=O) groups is 2. The van der Waals surface area contributed by atoms with E-state index >= 15 is 0 Å². The third-order valence-electron chi connectivity index (χ3n) is 4.27. The minimum Gasteiger partial charge on any atom is -0.349 e. The van der Waals surface area contributed by atoms with Gasteiger partial charge in [-0.05, 0) is 55.3 Å². The van der Waals surface area contributed by atoms with Gasteiger partial charge in [0, 0.05) is 28.2 Å². The summed E-state index contributed by atoms with van der Waals surface area (Å²) in [5, 5.41) is 7.63. The number of rotatable bonds is 7. The Kier molecular flexibility index (Phi) is 5.92. The van der Waals surface area contributed by atoms with Crippen LogP contribution in [0.2, 0.25) is 0 Å². The van der Waals surface area contributed by atoms with Gasteiger partial charge < -0.3 is 10.6 Å². The molecule has 0 unspecified atom stereocenters. The van der Waals surface area contributed by atoms with Gasteiger partial charge in [0.1, 0.15) is 5.82 Å². The van der Waals surface area contributed by atoms with Crippen LogP contribution in [0.4, 0.5) is 10.1 Å². The number of nitrogens with zero attached hydrogens (tertiary/aromatic N) is 1. The fraction of sp³-hybridized carbons (Fsp3) is 0.190. The zero-order valence-corrected chi connectivity index (χ0v) is 17.0. The zero-order valence-electron chi connectivity index (χ0n) is 15.4. The van der Waals surface area contributed by atoms with Crippen LogP contribution in [-0.2, 0) is 4.79 Å². The van der Waals surface area contributed by atoms with E-state index in [2.05, 4.69) is 15.6 Å². The van der Waals surface area contributed by atoms with Gasteiger partial charge in [0.15, 0.2) is 4.34 Å². The van der Waals surface area contributed by atoms with Crippen molar-refractivity contribution in [2.45, 2.75) is 23.2 Å². The highest BCUT2D eigenvalue weighted by atomic mass is 32.2. The molecule has 3 aromatic rings. The maximum atomic E-state index is 13.0. The Morgan fingerprint density at radius 2 is 1.97 bits per heavy atom. The summed E-state index contributed by atoms with van der Waals surface area (Å²) in [5.41, 5.74) is 2.71. The highest BCUT2D eigenvalue weighted by Gasteiger charge is 2.23. The number of carbonyl (C=O) groups excluding carboxylic acids is 2. The molecule has 4 rings (SSSR count). The summed E-state index contributed by atoms with van der Waals surface area (Å²) in [7, 11) is 0. The summed E-state index contributed by atoms with van der Waals surface area (Å²) in [5.74, 6) is -0.374. The first-order chi connectivity index (χ1) is 14.1. The van der Waals surface area contributed by atoms with Gasteiger partial charge in [-0.15, -0.1) is 11.3 Å². The minimum absolute atomic E-state index is 0.117. The van der Waals surface area contributed by atoms with E-state index in [0.717, 1.165) is 28.4 Å². The topological polar surface area (TPSA) is 71.1 Å². The molecule has 0 bridgehead atoms. The van der Waals surface area contributed by atoms with Crippen LogP contribution in [-0.4, -0.2) is 28.6 Å². The zero-order chi connectivity index (χ0) is 20.2. The quantitative estimate of drug-likeness (QED) is 0.542. The standard InChI is InChI=1S/C21H18FN3O2S2/c22-15-6-4-13(5-7-15)18-11-28-21(25-18)29-12-19(26)23-17-3-1-2-14(10-17)20(27)24-16-8-9-16/h1-7,10-11,16H,8-9,12H2,(H,23,26)(H,24,27). The minimum atomic E-state index is -0.288. The number of hydrogen-bond acceptors (Lipinski definition) is 5. The number of thioether (sulfide) groups is 1. The number of thiazole rings is 1. The van der Waals surface area contributed by atoms with Crippen molar-refractivity contribution in [3.63, 3.8) is 0 Å². The molecule has 1 saturated carbocycles. The SMILES string of the molecule is O=C(CSc1nc(-c2ccc(F)cc2)cs1)Nc1cccc(C(=O)NC2CC2)c1. The molecule has 5 nitrogen and oxygen atoms in total. The van der Waals surface area contributed by atoms with Crippen molar-refractivity contribution in [3.8, 4) is 11.3 Å². The van der Waals surface area contributed by atoms with E-state index in [9.17, 15) is 14.0 Å². The molecule has 8 heteroatoms. The molecule has 0 radical (unpaired) electrons. The van der Waals surface area contributed by atoms with Crippen LogP contribution < -0.4 is 10.6 Å². The van der Waals surface area contributed by atoms with E-state index in [0.29, 0.717) is 11.3 Å². The van der Waals surface area contributed by atoms with Gasteiger partial charge >= 0.3 is 0 Å². The van der Waals surface area contributed by atoms with Gasteiger partial charge in [0.25, 0.3) is 5.91 Å². The summed E-state index contributed by atoms with van der Waals surface area (Å²) < 4.78 is 13.8. The Balaban J connectivity index is 1.31. The van der Waals surface area contributed by atoms with Crippen molar-refractivity contribution in [1.29, 1.82) is 0 Å². The molecule has 1 heterocycles. The number of anilines is 1. The largest absolute Gasteiger partial charge is 0.349 e. The van der Waals surface area contributed by atoms with Gasteiger partial charge in [-0.2, -0.15) is 0 Å². The highest BCUT2D eigenvalue weighted by molar-refractivity contribution is 8.01.